The van der Waals surface area contributed by atoms with Gasteiger partial charge in [-0.15, -0.1) is 0 Å². The number of ether oxygens (including phenoxy) is 1. The monoisotopic (exact) mass is 348 g/mol. The fourth-order valence-electron chi connectivity index (χ4n) is 2.06. The highest BCUT2D eigenvalue weighted by Gasteiger charge is 2.17. The van der Waals surface area contributed by atoms with Crippen LogP contribution in [0.4, 0.5) is 0 Å². The molecule has 2 rings (SSSR count). The standard InChI is InChI=1S/C17H17BrO3/c1-11-8-14(12(2)17(19)20)9-15(18)16(11)21-10-13-6-4-3-5-7-13/h3-9,12H,10H2,1-2H3,(H,19,20). The van der Waals surface area contributed by atoms with E-state index in [4.69, 9.17) is 9.84 Å². The Kier molecular flexibility index (Phi) is 5.02. The lowest BCUT2D eigenvalue weighted by Gasteiger charge is -2.15. The summed E-state index contributed by atoms with van der Waals surface area (Å²) in [6.07, 6.45) is 0. The molecule has 1 unspecified atom stereocenters. The smallest absolute Gasteiger partial charge is 0.310 e. The van der Waals surface area contributed by atoms with E-state index >= 15 is 0 Å². The van der Waals surface area contributed by atoms with Crippen molar-refractivity contribution in [2.45, 2.75) is 26.4 Å². The van der Waals surface area contributed by atoms with Crippen LogP contribution in [0, 0.1) is 6.92 Å². The highest BCUT2D eigenvalue weighted by atomic mass is 79.9. The number of aliphatic carboxylic acids is 1. The van der Waals surface area contributed by atoms with Crippen molar-refractivity contribution in [1.82, 2.24) is 0 Å². The third-order valence-corrected chi connectivity index (χ3v) is 3.94. The van der Waals surface area contributed by atoms with Crippen molar-refractivity contribution in [3.63, 3.8) is 0 Å². The van der Waals surface area contributed by atoms with Crippen LogP contribution in [0.2, 0.25) is 0 Å². The van der Waals surface area contributed by atoms with Crippen molar-refractivity contribution in [2.75, 3.05) is 0 Å². The summed E-state index contributed by atoms with van der Waals surface area (Å²) >= 11 is 3.47. The molecular weight excluding hydrogens is 332 g/mol. The predicted octanol–water partition coefficient (Wildman–Crippen LogP) is 4.52. The molecule has 0 heterocycles. The van der Waals surface area contributed by atoms with Crippen LogP contribution in [-0.4, -0.2) is 11.1 Å². The van der Waals surface area contributed by atoms with Crippen LogP contribution in [0.1, 0.15) is 29.5 Å². The maximum absolute atomic E-state index is 11.1. The topological polar surface area (TPSA) is 46.5 Å². The summed E-state index contributed by atoms with van der Waals surface area (Å²) < 4.78 is 6.63. The number of benzene rings is 2. The molecule has 4 heteroatoms. The fraction of sp³-hybridized carbons (Fsp3) is 0.235. The SMILES string of the molecule is Cc1cc(C(C)C(=O)O)cc(Br)c1OCc1ccccc1. The average Bonchev–Trinajstić information content (AvgIpc) is 2.46. The average molecular weight is 349 g/mol. The van der Waals surface area contributed by atoms with E-state index in [9.17, 15) is 4.79 Å². The predicted molar refractivity (Wildman–Crippen MR) is 85.7 cm³/mol. The van der Waals surface area contributed by atoms with Crippen molar-refractivity contribution in [3.05, 3.63) is 63.6 Å². The largest absolute Gasteiger partial charge is 0.487 e. The van der Waals surface area contributed by atoms with E-state index in [0.717, 1.165) is 26.9 Å². The molecule has 21 heavy (non-hydrogen) atoms. The maximum Gasteiger partial charge on any atom is 0.310 e. The van der Waals surface area contributed by atoms with Gasteiger partial charge >= 0.3 is 5.97 Å². The molecule has 0 aliphatic rings. The lowest BCUT2D eigenvalue weighted by molar-refractivity contribution is -0.138. The molecule has 0 aliphatic heterocycles. The molecule has 1 N–H and O–H groups in total. The van der Waals surface area contributed by atoms with Gasteiger partial charge in [0.2, 0.25) is 0 Å². The summed E-state index contributed by atoms with van der Waals surface area (Å²) in [5, 5.41) is 9.09. The first kappa shape index (κ1) is 15.6. The zero-order chi connectivity index (χ0) is 15.4. The summed E-state index contributed by atoms with van der Waals surface area (Å²) in [6.45, 7) is 4.07. The van der Waals surface area contributed by atoms with Gasteiger partial charge in [-0.2, -0.15) is 0 Å². The molecule has 0 aromatic heterocycles. The van der Waals surface area contributed by atoms with Gasteiger partial charge in [0.05, 0.1) is 10.4 Å². The Morgan fingerprint density at radius 2 is 1.95 bits per heavy atom. The van der Waals surface area contributed by atoms with Crippen LogP contribution in [-0.2, 0) is 11.4 Å². The van der Waals surface area contributed by atoms with Crippen molar-refractivity contribution in [1.29, 1.82) is 0 Å². The molecular formula is C17H17BrO3. The molecule has 0 aliphatic carbocycles. The highest BCUT2D eigenvalue weighted by Crippen LogP contribution is 2.33. The van der Waals surface area contributed by atoms with Crippen LogP contribution in [0.15, 0.2) is 46.9 Å². The molecule has 0 amide bonds. The van der Waals surface area contributed by atoms with Gasteiger partial charge in [-0.25, -0.2) is 0 Å². The van der Waals surface area contributed by atoms with Gasteiger partial charge in [0, 0.05) is 0 Å². The van der Waals surface area contributed by atoms with Crippen molar-refractivity contribution in [2.24, 2.45) is 0 Å². The van der Waals surface area contributed by atoms with Gasteiger partial charge in [0.1, 0.15) is 12.4 Å². The van der Waals surface area contributed by atoms with E-state index in [1.54, 1.807) is 6.92 Å². The molecule has 0 radical (unpaired) electrons. The van der Waals surface area contributed by atoms with Crippen LogP contribution in [0.25, 0.3) is 0 Å². The van der Waals surface area contributed by atoms with Gasteiger partial charge in [-0.3, -0.25) is 4.79 Å². The molecule has 0 saturated heterocycles. The fourth-order valence-corrected chi connectivity index (χ4v) is 2.75. The second-order valence-corrected chi connectivity index (χ2v) is 5.84. The number of halogens is 1. The number of carboxylic acids is 1. The Hall–Kier alpha value is -1.81. The highest BCUT2D eigenvalue weighted by molar-refractivity contribution is 9.10. The van der Waals surface area contributed by atoms with E-state index in [0.29, 0.717) is 6.61 Å². The van der Waals surface area contributed by atoms with E-state index in [2.05, 4.69) is 15.9 Å². The Balaban J connectivity index is 2.19. The molecule has 0 spiro atoms. The minimum atomic E-state index is -0.834. The number of carbonyl (C=O) groups is 1. The zero-order valence-corrected chi connectivity index (χ0v) is 13.6. The van der Waals surface area contributed by atoms with E-state index in [-0.39, 0.29) is 0 Å². The Morgan fingerprint density at radius 3 is 2.52 bits per heavy atom. The minimum absolute atomic E-state index is 0.480. The van der Waals surface area contributed by atoms with Crippen molar-refractivity contribution in [3.8, 4) is 5.75 Å². The lowest BCUT2D eigenvalue weighted by atomic mass is 9.99. The van der Waals surface area contributed by atoms with Crippen LogP contribution in [0.3, 0.4) is 0 Å². The van der Waals surface area contributed by atoms with E-state index < -0.39 is 11.9 Å². The molecule has 3 nitrogen and oxygen atoms in total. The number of hydrogen-bond donors (Lipinski definition) is 1. The first-order valence-electron chi connectivity index (χ1n) is 6.68. The summed E-state index contributed by atoms with van der Waals surface area (Å²) in [7, 11) is 0. The summed E-state index contributed by atoms with van der Waals surface area (Å²) in [5.41, 5.74) is 2.77. The summed E-state index contributed by atoms with van der Waals surface area (Å²) in [5.74, 6) is -0.623. The molecule has 110 valence electrons. The minimum Gasteiger partial charge on any atom is -0.487 e. The second kappa shape index (κ2) is 6.76. The molecule has 0 saturated carbocycles. The van der Waals surface area contributed by atoms with Gasteiger partial charge < -0.3 is 9.84 Å². The molecule has 0 bridgehead atoms. The van der Waals surface area contributed by atoms with Gasteiger partial charge in [-0.05, 0) is 52.5 Å². The summed E-state index contributed by atoms with van der Waals surface area (Å²) in [4.78, 5) is 11.1. The molecule has 2 aromatic carbocycles. The van der Waals surface area contributed by atoms with E-state index in [1.807, 2.05) is 49.4 Å². The van der Waals surface area contributed by atoms with Crippen LogP contribution >= 0.6 is 15.9 Å². The van der Waals surface area contributed by atoms with Crippen molar-refractivity contribution < 1.29 is 14.6 Å². The lowest BCUT2D eigenvalue weighted by Crippen LogP contribution is -2.08. The third kappa shape index (κ3) is 3.85. The number of rotatable bonds is 5. The van der Waals surface area contributed by atoms with Gasteiger partial charge in [0.15, 0.2) is 0 Å². The van der Waals surface area contributed by atoms with E-state index in [1.165, 1.54) is 0 Å². The normalized spacial score (nSPS) is 12.0. The molecule has 1 atom stereocenters. The first-order valence-corrected chi connectivity index (χ1v) is 7.48. The number of hydrogen-bond acceptors (Lipinski definition) is 2. The van der Waals surface area contributed by atoms with Crippen LogP contribution in [0.5, 0.6) is 5.75 Å². The number of aryl methyl sites for hydroxylation is 1. The number of carboxylic acid groups (broad SMARTS) is 1. The van der Waals surface area contributed by atoms with Gasteiger partial charge in [0.25, 0.3) is 0 Å². The first-order chi connectivity index (χ1) is 9.99. The third-order valence-electron chi connectivity index (χ3n) is 3.35. The zero-order valence-electron chi connectivity index (χ0n) is 12.0. The quantitative estimate of drug-likeness (QED) is 0.863. The molecule has 2 aromatic rings. The summed E-state index contributed by atoms with van der Waals surface area (Å²) in [6, 6.07) is 13.6. The Labute approximate surface area is 132 Å². The van der Waals surface area contributed by atoms with Gasteiger partial charge in [-0.1, -0.05) is 36.4 Å². The van der Waals surface area contributed by atoms with Crippen LogP contribution < -0.4 is 4.74 Å². The Morgan fingerprint density at radius 1 is 1.29 bits per heavy atom. The Bertz CT molecular complexity index is 615. The van der Waals surface area contributed by atoms with Crippen molar-refractivity contribution >= 4 is 21.9 Å². The molecule has 0 fully saturated rings. The maximum atomic E-state index is 11.1. The second-order valence-electron chi connectivity index (χ2n) is 4.98.